The lowest BCUT2D eigenvalue weighted by molar-refractivity contribution is 0.0451. The number of likely N-dealkylation sites (tertiary alicyclic amines) is 1. The fourth-order valence-corrected chi connectivity index (χ4v) is 3.02. The van der Waals surface area contributed by atoms with Crippen LogP contribution < -0.4 is 5.56 Å². The summed E-state index contributed by atoms with van der Waals surface area (Å²) in [5.41, 5.74) is 2.68. The van der Waals surface area contributed by atoms with E-state index in [0.717, 1.165) is 54.5 Å². The van der Waals surface area contributed by atoms with Gasteiger partial charge in [0.15, 0.2) is 0 Å². The summed E-state index contributed by atoms with van der Waals surface area (Å²) in [4.78, 5) is 21.2. The van der Waals surface area contributed by atoms with Crippen LogP contribution in [0.1, 0.15) is 41.9 Å². The Morgan fingerprint density at radius 2 is 2.29 bits per heavy atom. The maximum atomic E-state index is 11.7. The zero-order valence-electron chi connectivity index (χ0n) is 14.5. The van der Waals surface area contributed by atoms with Crippen molar-refractivity contribution in [1.29, 1.82) is 0 Å². The average Bonchev–Trinajstić information content (AvgIpc) is 3.12. The van der Waals surface area contributed by atoms with Crippen LogP contribution in [0.25, 0.3) is 0 Å². The van der Waals surface area contributed by atoms with Crippen molar-refractivity contribution in [3.63, 3.8) is 0 Å². The number of H-pyrrole nitrogens is 1. The Kier molecular flexibility index (Phi) is 5.11. The van der Waals surface area contributed by atoms with Gasteiger partial charge in [0.2, 0.25) is 0 Å². The molecule has 2 aromatic heterocycles. The molecule has 0 spiro atoms. The smallest absolute Gasteiger partial charge is 0.251 e. The highest BCUT2D eigenvalue weighted by molar-refractivity contribution is 5.19. The van der Waals surface area contributed by atoms with Gasteiger partial charge in [-0.15, -0.1) is 0 Å². The van der Waals surface area contributed by atoms with Gasteiger partial charge in [-0.05, 0) is 26.7 Å². The van der Waals surface area contributed by atoms with E-state index in [9.17, 15) is 4.79 Å². The molecule has 1 aliphatic rings. The molecule has 1 N–H and O–H groups in total. The number of aromatic nitrogens is 3. The molecule has 7 heteroatoms. The van der Waals surface area contributed by atoms with E-state index in [1.807, 2.05) is 20.8 Å². The Labute approximate surface area is 141 Å². The lowest BCUT2D eigenvalue weighted by Crippen LogP contribution is -2.25. The Balaban J connectivity index is 1.54. The van der Waals surface area contributed by atoms with Gasteiger partial charge in [0, 0.05) is 30.4 Å². The molecule has 2 aromatic rings. The van der Waals surface area contributed by atoms with Crippen molar-refractivity contribution in [3.05, 3.63) is 45.0 Å². The summed E-state index contributed by atoms with van der Waals surface area (Å²) in [6, 6.07) is 1.56. The third-order valence-corrected chi connectivity index (χ3v) is 4.45. The van der Waals surface area contributed by atoms with Crippen LogP contribution in [0.5, 0.6) is 0 Å². The van der Waals surface area contributed by atoms with Crippen LogP contribution in [-0.4, -0.2) is 39.2 Å². The molecule has 130 valence electrons. The second-order valence-corrected chi connectivity index (χ2v) is 6.30. The first-order chi connectivity index (χ1) is 11.5. The molecule has 0 aromatic carbocycles. The minimum absolute atomic E-state index is 0.0812. The van der Waals surface area contributed by atoms with Crippen LogP contribution in [-0.2, 0) is 24.3 Å². The molecule has 1 atom stereocenters. The maximum Gasteiger partial charge on any atom is 0.251 e. The van der Waals surface area contributed by atoms with Gasteiger partial charge < -0.3 is 14.2 Å². The van der Waals surface area contributed by atoms with Gasteiger partial charge in [0.25, 0.3) is 5.56 Å². The molecule has 0 radical (unpaired) electrons. The standard InChI is InChI=1S/C17H24N4O3/c1-4-13-7-17(22)19-16(18-13)9-21-6-5-14(8-21)23-10-15-11(2)20-24-12(15)3/h7,14H,4-6,8-10H2,1-3H3,(H,18,19,22). The molecule has 1 saturated heterocycles. The highest BCUT2D eigenvalue weighted by atomic mass is 16.5. The summed E-state index contributed by atoms with van der Waals surface area (Å²) in [6.45, 7) is 8.78. The van der Waals surface area contributed by atoms with E-state index in [2.05, 4.69) is 20.0 Å². The number of aryl methyl sites for hydroxylation is 3. The lowest BCUT2D eigenvalue weighted by Gasteiger charge is -2.16. The van der Waals surface area contributed by atoms with E-state index in [4.69, 9.17) is 9.26 Å². The molecule has 7 nitrogen and oxygen atoms in total. The predicted molar refractivity (Wildman–Crippen MR) is 88.7 cm³/mol. The van der Waals surface area contributed by atoms with E-state index in [1.165, 1.54) is 0 Å². The number of aromatic amines is 1. The van der Waals surface area contributed by atoms with Crippen LogP contribution in [0.15, 0.2) is 15.4 Å². The summed E-state index contributed by atoms with van der Waals surface area (Å²) in [5, 5.41) is 3.95. The molecular formula is C17H24N4O3. The van der Waals surface area contributed by atoms with E-state index in [1.54, 1.807) is 6.07 Å². The normalized spacial score (nSPS) is 18.4. The van der Waals surface area contributed by atoms with Gasteiger partial charge in [-0.1, -0.05) is 12.1 Å². The third kappa shape index (κ3) is 3.91. The Bertz CT molecular complexity index is 733. The molecular weight excluding hydrogens is 308 g/mol. The average molecular weight is 332 g/mol. The molecule has 3 heterocycles. The fraction of sp³-hybridized carbons (Fsp3) is 0.588. The van der Waals surface area contributed by atoms with Crippen LogP contribution in [0.2, 0.25) is 0 Å². The molecule has 0 bridgehead atoms. The monoisotopic (exact) mass is 332 g/mol. The number of nitrogens with zero attached hydrogens (tertiary/aromatic N) is 3. The first kappa shape index (κ1) is 16.9. The Hall–Kier alpha value is -1.99. The SMILES string of the molecule is CCc1cc(=O)[nH]c(CN2CCC(OCc3c(C)noc3C)C2)n1. The summed E-state index contributed by atoms with van der Waals surface area (Å²) in [5.74, 6) is 1.55. The van der Waals surface area contributed by atoms with Crippen LogP contribution in [0.4, 0.5) is 0 Å². The lowest BCUT2D eigenvalue weighted by atomic mass is 10.2. The predicted octanol–water partition coefficient (Wildman–Crippen LogP) is 1.73. The third-order valence-electron chi connectivity index (χ3n) is 4.45. The first-order valence-corrected chi connectivity index (χ1v) is 8.40. The second-order valence-electron chi connectivity index (χ2n) is 6.30. The number of nitrogens with one attached hydrogen (secondary N) is 1. The number of hydrogen-bond donors (Lipinski definition) is 1. The molecule has 3 rings (SSSR count). The summed E-state index contributed by atoms with van der Waals surface area (Å²) >= 11 is 0. The molecule has 0 amide bonds. The molecule has 1 aliphatic heterocycles. The van der Waals surface area contributed by atoms with Crippen molar-refractivity contribution in [3.8, 4) is 0 Å². The van der Waals surface area contributed by atoms with Crippen LogP contribution in [0.3, 0.4) is 0 Å². The van der Waals surface area contributed by atoms with Gasteiger partial charge in [0.1, 0.15) is 11.6 Å². The van der Waals surface area contributed by atoms with Gasteiger partial charge >= 0.3 is 0 Å². The highest BCUT2D eigenvalue weighted by Crippen LogP contribution is 2.19. The molecule has 0 saturated carbocycles. The number of ether oxygens (including phenoxy) is 1. The summed E-state index contributed by atoms with van der Waals surface area (Å²) < 4.78 is 11.2. The number of rotatable bonds is 6. The fourth-order valence-electron chi connectivity index (χ4n) is 3.02. The van der Waals surface area contributed by atoms with Crippen molar-refractivity contribution in [1.82, 2.24) is 20.0 Å². The quantitative estimate of drug-likeness (QED) is 0.867. The zero-order valence-corrected chi connectivity index (χ0v) is 14.5. The van der Waals surface area contributed by atoms with Crippen molar-refractivity contribution in [2.75, 3.05) is 13.1 Å². The van der Waals surface area contributed by atoms with Crippen LogP contribution >= 0.6 is 0 Å². The van der Waals surface area contributed by atoms with E-state index in [-0.39, 0.29) is 11.7 Å². The van der Waals surface area contributed by atoms with Crippen molar-refractivity contribution >= 4 is 0 Å². The van der Waals surface area contributed by atoms with Gasteiger partial charge in [-0.25, -0.2) is 4.98 Å². The summed E-state index contributed by atoms with van der Waals surface area (Å²) in [6.07, 6.45) is 1.92. The number of hydrogen-bond acceptors (Lipinski definition) is 6. The molecule has 1 unspecified atom stereocenters. The Morgan fingerprint density at radius 3 is 3.00 bits per heavy atom. The van der Waals surface area contributed by atoms with Gasteiger partial charge in [0.05, 0.1) is 24.9 Å². The Morgan fingerprint density at radius 1 is 1.46 bits per heavy atom. The summed E-state index contributed by atoms with van der Waals surface area (Å²) in [7, 11) is 0. The molecule has 24 heavy (non-hydrogen) atoms. The minimum Gasteiger partial charge on any atom is -0.372 e. The minimum atomic E-state index is -0.0812. The van der Waals surface area contributed by atoms with Crippen molar-refractivity contribution in [2.45, 2.75) is 52.9 Å². The second kappa shape index (κ2) is 7.27. The topological polar surface area (TPSA) is 84.2 Å². The van der Waals surface area contributed by atoms with Crippen molar-refractivity contribution < 1.29 is 9.26 Å². The van der Waals surface area contributed by atoms with Gasteiger partial charge in [-0.2, -0.15) is 0 Å². The van der Waals surface area contributed by atoms with Crippen LogP contribution in [0, 0.1) is 13.8 Å². The first-order valence-electron chi connectivity index (χ1n) is 8.40. The van der Waals surface area contributed by atoms with Crippen molar-refractivity contribution in [2.24, 2.45) is 0 Å². The zero-order chi connectivity index (χ0) is 17.1. The molecule has 0 aliphatic carbocycles. The van der Waals surface area contributed by atoms with E-state index < -0.39 is 0 Å². The molecule has 1 fully saturated rings. The van der Waals surface area contributed by atoms with E-state index in [0.29, 0.717) is 13.2 Å². The maximum absolute atomic E-state index is 11.7. The highest BCUT2D eigenvalue weighted by Gasteiger charge is 2.24. The van der Waals surface area contributed by atoms with Gasteiger partial charge in [-0.3, -0.25) is 9.69 Å². The van der Waals surface area contributed by atoms with E-state index >= 15 is 0 Å². The largest absolute Gasteiger partial charge is 0.372 e.